The maximum Gasteiger partial charge on any atom is 0.120 e. The molecule has 0 spiro atoms. The normalized spacial score (nSPS) is 9.94. The first-order valence-corrected chi connectivity index (χ1v) is 6.05. The molecule has 0 atom stereocenters. The minimum absolute atomic E-state index is 0.590. The lowest BCUT2D eigenvalue weighted by molar-refractivity contribution is 1.06. The summed E-state index contributed by atoms with van der Waals surface area (Å²) in [6.45, 7) is 1.89. The zero-order chi connectivity index (χ0) is 12.3. The number of nitriles is 1. The molecule has 2 heterocycles. The van der Waals surface area contributed by atoms with E-state index in [1.54, 1.807) is 24.5 Å². The van der Waals surface area contributed by atoms with Crippen molar-refractivity contribution >= 4 is 23.4 Å². The second-order valence-electron chi connectivity index (χ2n) is 3.34. The third-order valence-corrected chi connectivity index (χ3v) is 3.31. The highest BCUT2D eigenvalue weighted by Gasteiger charge is 2.08. The highest BCUT2D eigenvalue weighted by atomic mass is 35.5. The molecule has 0 unspecified atom stereocenters. The lowest BCUT2D eigenvalue weighted by Crippen LogP contribution is -1.90. The topological polar surface area (TPSA) is 49.6 Å². The van der Waals surface area contributed by atoms with Crippen LogP contribution in [-0.4, -0.2) is 9.97 Å². The zero-order valence-corrected chi connectivity index (χ0v) is 10.6. The van der Waals surface area contributed by atoms with E-state index in [4.69, 9.17) is 16.9 Å². The van der Waals surface area contributed by atoms with Gasteiger partial charge in [-0.1, -0.05) is 11.6 Å². The monoisotopic (exact) mass is 261 g/mol. The second-order valence-corrected chi connectivity index (χ2v) is 4.78. The Bertz CT molecular complexity index is 575. The van der Waals surface area contributed by atoms with Crippen LogP contribution in [0.2, 0.25) is 5.02 Å². The predicted octanol–water partition coefficient (Wildman–Crippen LogP) is 3.46. The average Bonchev–Trinajstić information content (AvgIpc) is 2.32. The van der Waals surface area contributed by atoms with Crippen molar-refractivity contribution in [2.45, 2.75) is 17.0 Å². The molecule has 3 nitrogen and oxygen atoms in total. The molecular formula is C12H8ClN3S. The van der Waals surface area contributed by atoms with Crippen molar-refractivity contribution in [1.82, 2.24) is 9.97 Å². The van der Waals surface area contributed by atoms with E-state index in [2.05, 4.69) is 16.0 Å². The van der Waals surface area contributed by atoms with E-state index in [1.807, 2.05) is 13.0 Å². The molecule has 0 bridgehead atoms. The van der Waals surface area contributed by atoms with Crippen LogP contribution in [0.25, 0.3) is 0 Å². The molecule has 17 heavy (non-hydrogen) atoms. The van der Waals surface area contributed by atoms with Gasteiger partial charge in [-0.05, 0) is 42.4 Å². The smallest absolute Gasteiger partial charge is 0.120 e. The van der Waals surface area contributed by atoms with Gasteiger partial charge in [0.25, 0.3) is 0 Å². The van der Waals surface area contributed by atoms with Gasteiger partial charge in [-0.15, -0.1) is 0 Å². The van der Waals surface area contributed by atoms with Crippen LogP contribution >= 0.6 is 23.4 Å². The summed E-state index contributed by atoms with van der Waals surface area (Å²) in [7, 11) is 0. The van der Waals surface area contributed by atoms with E-state index < -0.39 is 0 Å². The van der Waals surface area contributed by atoms with Crippen LogP contribution in [-0.2, 0) is 0 Å². The molecule has 0 N–H and O–H groups in total. The molecule has 0 fully saturated rings. The van der Waals surface area contributed by atoms with Crippen LogP contribution in [0.5, 0.6) is 0 Å². The van der Waals surface area contributed by atoms with Gasteiger partial charge in [0.1, 0.15) is 16.1 Å². The summed E-state index contributed by atoms with van der Waals surface area (Å²) in [5.74, 6) is 0. The quantitative estimate of drug-likeness (QED) is 0.831. The molecule has 2 rings (SSSR count). The van der Waals surface area contributed by atoms with E-state index in [-0.39, 0.29) is 0 Å². The van der Waals surface area contributed by atoms with Gasteiger partial charge in [0.05, 0.1) is 10.6 Å². The molecule has 0 radical (unpaired) electrons. The van der Waals surface area contributed by atoms with Gasteiger partial charge in [-0.2, -0.15) is 5.26 Å². The van der Waals surface area contributed by atoms with Crippen molar-refractivity contribution in [3.63, 3.8) is 0 Å². The van der Waals surface area contributed by atoms with Gasteiger partial charge in [0.15, 0.2) is 0 Å². The van der Waals surface area contributed by atoms with E-state index in [0.29, 0.717) is 15.6 Å². The summed E-state index contributed by atoms with van der Waals surface area (Å²) in [4.78, 5) is 8.36. The summed E-state index contributed by atoms with van der Waals surface area (Å²) in [6, 6.07) is 7.54. The summed E-state index contributed by atoms with van der Waals surface area (Å²) in [6.07, 6.45) is 3.26. The van der Waals surface area contributed by atoms with Gasteiger partial charge in [-0.25, -0.2) is 9.97 Å². The standard InChI is InChI=1S/C12H8ClN3S/c1-8-4-5-15-12(10(8)6-14)17-11-3-2-9(13)7-16-11/h2-5,7H,1H3. The fraction of sp³-hybridized carbons (Fsp3) is 0.0833. The van der Waals surface area contributed by atoms with E-state index in [0.717, 1.165) is 10.6 Å². The number of aromatic nitrogens is 2. The lowest BCUT2D eigenvalue weighted by atomic mass is 10.2. The van der Waals surface area contributed by atoms with Gasteiger partial charge in [0.2, 0.25) is 0 Å². The Hall–Kier alpha value is -1.57. The van der Waals surface area contributed by atoms with Crippen molar-refractivity contribution in [2.24, 2.45) is 0 Å². The fourth-order valence-electron chi connectivity index (χ4n) is 1.27. The minimum Gasteiger partial charge on any atom is -0.248 e. The minimum atomic E-state index is 0.590. The number of pyridine rings is 2. The molecule has 5 heteroatoms. The van der Waals surface area contributed by atoms with Crippen LogP contribution in [0, 0.1) is 18.3 Å². The number of rotatable bonds is 2. The Morgan fingerprint density at radius 2 is 2.12 bits per heavy atom. The van der Waals surface area contributed by atoms with Gasteiger partial charge in [-0.3, -0.25) is 0 Å². The lowest BCUT2D eigenvalue weighted by Gasteiger charge is -2.04. The van der Waals surface area contributed by atoms with Crippen LogP contribution < -0.4 is 0 Å². The van der Waals surface area contributed by atoms with Crippen LogP contribution in [0.3, 0.4) is 0 Å². The van der Waals surface area contributed by atoms with Crippen LogP contribution in [0.4, 0.5) is 0 Å². The first-order chi connectivity index (χ1) is 8.20. The molecular weight excluding hydrogens is 254 g/mol. The van der Waals surface area contributed by atoms with Crippen molar-refractivity contribution in [2.75, 3.05) is 0 Å². The molecule has 0 saturated heterocycles. The second kappa shape index (κ2) is 5.17. The SMILES string of the molecule is Cc1ccnc(Sc2ccc(Cl)cn2)c1C#N. The molecule has 2 aromatic heterocycles. The third kappa shape index (κ3) is 2.76. The highest BCUT2D eigenvalue weighted by Crippen LogP contribution is 2.28. The van der Waals surface area contributed by atoms with Gasteiger partial charge >= 0.3 is 0 Å². The van der Waals surface area contributed by atoms with Crippen LogP contribution in [0.1, 0.15) is 11.1 Å². The van der Waals surface area contributed by atoms with E-state index in [9.17, 15) is 0 Å². The molecule has 84 valence electrons. The Morgan fingerprint density at radius 3 is 2.76 bits per heavy atom. The summed E-state index contributed by atoms with van der Waals surface area (Å²) >= 11 is 7.12. The summed E-state index contributed by atoms with van der Waals surface area (Å²) in [5, 5.41) is 11.1. The Kier molecular flexibility index (Phi) is 3.62. The van der Waals surface area contributed by atoms with Crippen molar-refractivity contribution in [3.05, 3.63) is 46.7 Å². The van der Waals surface area contributed by atoms with E-state index in [1.165, 1.54) is 11.8 Å². The molecule has 0 aliphatic carbocycles. The number of aryl methyl sites for hydroxylation is 1. The Morgan fingerprint density at radius 1 is 1.29 bits per heavy atom. The first-order valence-electron chi connectivity index (χ1n) is 4.86. The Labute approximate surface area is 108 Å². The third-order valence-electron chi connectivity index (χ3n) is 2.14. The number of hydrogen-bond acceptors (Lipinski definition) is 4. The van der Waals surface area contributed by atoms with Crippen molar-refractivity contribution in [1.29, 1.82) is 5.26 Å². The van der Waals surface area contributed by atoms with Gasteiger partial charge in [0, 0.05) is 12.4 Å². The first kappa shape index (κ1) is 11.9. The number of halogens is 1. The Balaban J connectivity index is 2.34. The highest BCUT2D eigenvalue weighted by molar-refractivity contribution is 7.99. The molecule has 0 aromatic carbocycles. The van der Waals surface area contributed by atoms with Gasteiger partial charge < -0.3 is 0 Å². The number of hydrogen-bond donors (Lipinski definition) is 0. The molecule has 0 saturated carbocycles. The zero-order valence-electron chi connectivity index (χ0n) is 9.01. The molecule has 0 aliphatic rings. The average molecular weight is 262 g/mol. The summed E-state index contributed by atoms with van der Waals surface area (Å²) in [5.41, 5.74) is 1.51. The van der Waals surface area contributed by atoms with Crippen LogP contribution in [0.15, 0.2) is 40.6 Å². The number of nitrogens with zero attached hydrogens (tertiary/aromatic N) is 3. The van der Waals surface area contributed by atoms with E-state index >= 15 is 0 Å². The molecule has 0 aliphatic heterocycles. The summed E-state index contributed by atoms with van der Waals surface area (Å²) < 4.78 is 0. The maximum absolute atomic E-state index is 9.08. The molecule has 2 aromatic rings. The maximum atomic E-state index is 9.08. The van der Waals surface area contributed by atoms with Crippen molar-refractivity contribution < 1.29 is 0 Å². The van der Waals surface area contributed by atoms with Crippen molar-refractivity contribution in [3.8, 4) is 6.07 Å². The largest absolute Gasteiger partial charge is 0.248 e. The molecule has 0 amide bonds. The fourth-order valence-corrected chi connectivity index (χ4v) is 2.24. The predicted molar refractivity (Wildman–Crippen MR) is 67.1 cm³/mol.